The molecule has 0 fully saturated rings. The number of hydrogen-bond acceptors (Lipinski definition) is 2. The molecule has 0 aliphatic carbocycles. The Balaban J connectivity index is 2.12. The van der Waals surface area contributed by atoms with Gasteiger partial charge in [-0.2, -0.15) is 0 Å². The maximum absolute atomic E-state index is 12.0. The van der Waals surface area contributed by atoms with Crippen LogP contribution < -0.4 is 11.1 Å². The van der Waals surface area contributed by atoms with Crippen LogP contribution in [0.2, 0.25) is 0 Å². The molecular formula is C15H16N2O. The zero-order chi connectivity index (χ0) is 13.0. The van der Waals surface area contributed by atoms with Gasteiger partial charge in [-0.15, -0.1) is 0 Å². The Hall–Kier alpha value is -2.13. The lowest BCUT2D eigenvalue weighted by Crippen LogP contribution is -2.27. The molecule has 0 radical (unpaired) electrons. The van der Waals surface area contributed by atoms with Crippen molar-refractivity contribution < 1.29 is 4.79 Å². The van der Waals surface area contributed by atoms with Gasteiger partial charge in [-0.3, -0.25) is 4.79 Å². The molecular weight excluding hydrogens is 224 g/mol. The van der Waals surface area contributed by atoms with Crippen LogP contribution in [0, 0.1) is 6.92 Å². The molecule has 2 aromatic carbocycles. The van der Waals surface area contributed by atoms with Gasteiger partial charge in [0.05, 0.1) is 0 Å². The van der Waals surface area contributed by atoms with Crippen LogP contribution in [0.5, 0.6) is 0 Å². The molecule has 1 unspecified atom stereocenters. The molecule has 0 aromatic heterocycles. The summed E-state index contributed by atoms with van der Waals surface area (Å²) in [7, 11) is 0. The molecule has 0 saturated heterocycles. The van der Waals surface area contributed by atoms with E-state index >= 15 is 0 Å². The third-order valence-corrected chi connectivity index (χ3v) is 2.84. The normalized spacial score (nSPS) is 11.9. The summed E-state index contributed by atoms with van der Waals surface area (Å²) >= 11 is 0. The second-order valence-corrected chi connectivity index (χ2v) is 4.19. The molecule has 0 bridgehead atoms. The maximum Gasteiger partial charge on any atom is 0.245 e. The number of anilines is 1. The lowest BCUT2D eigenvalue weighted by Gasteiger charge is -2.13. The van der Waals surface area contributed by atoms with E-state index < -0.39 is 6.04 Å². The zero-order valence-electron chi connectivity index (χ0n) is 10.3. The molecule has 2 aromatic rings. The topological polar surface area (TPSA) is 55.1 Å². The molecule has 1 atom stereocenters. The fourth-order valence-corrected chi connectivity index (χ4v) is 1.74. The van der Waals surface area contributed by atoms with Crippen LogP contribution in [-0.2, 0) is 4.79 Å². The van der Waals surface area contributed by atoms with Crippen molar-refractivity contribution in [2.24, 2.45) is 5.73 Å². The van der Waals surface area contributed by atoms with Crippen LogP contribution in [-0.4, -0.2) is 5.91 Å². The Kier molecular flexibility index (Phi) is 3.75. The van der Waals surface area contributed by atoms with Gasteiger partial charge in [0.2, 0.25) is 5.91 Å². The van der Waals surface area contributed by atoms with E-state index in [2.05, 4.69) is 5.32 Å². The molecule has 0 heterocycles. The van der Waals surface area contributed by atoms with Crippen molar-refractivity contribution in [1.82, 2.24) is 0 Å². The number of hydrogen-bond donors (Lipinski definition) is 2. The lowest BCUT2D eigenvalue weighted by molar-refractivity contribution is -0.117. The standard InChI is InChI=1S/C15H16N2O/c1-11-7-5-6-10-13(11)17-15(18)14(16)12-8-3-2-4-9-12/h2-10,14H,16H2,1H3,(H,17,18). The largest absolute Gasteiger partial charge is 0.324 e. The number of nitrogens with two attached hydrogens (primary N) is 1. The molecule has 0 spiro atoms. The second kappa shape index (κ2) is 5.47. The first-order chi connectivity index (χ1) is 8.68. The summed E-state index contributed by atoms with van der Waals surface area (Å²) in [4.78, 5) is 12.0. The van der Waals surface area contributed by atoms with Gasteiger partial charge in [0.15, 0.2) is 0 Å². The van der Waals surface area contributed by atoms with Crippen molar-refractivity contribution in [2.75, 3.05) is 5.32 Å². The number of para-hydroxylation sites is 1. The van der Waals surface area contributed by atoms with Gasteiger partial charge in [-0.05, 0) is 24.1 Å². The fraction of sp³-hybridized carbons (Fsp3) is 0.133. The molecule has 3 N–H and O–H groups in total. The van der Waals surface area contributed by atoms with Gasteiger partial charge in [0, 0.05) is 5.69 Å². The highest BCUT2D eigenvalue weighted by molar-refractivity contribution is 5.95. The molecule has 0 aliphatic rings. The highest BCUT2D eigenvalue weighted by Crippen LogP contribution is 2.16. The van der Waals surface area contributed by atoms with Gasteiger partial charge < -0.3 is 11.1 Å². The molecule has 0 aliphatic heterocycles. The minimum Gasteiger partial charge on any atom is -0.324 e. The van der Waals surface area contributed by atoms with Crippen molar-refractivity contribution in [1.29, 1.82) is 0 Å². The Labute approximate surface area is 107 Å². The van der Waals surface area contributed by atoms with Gasteiger partial charge in [0.25, 0.3) is 0 Å². The smallest absolute Gasteiger partial charge is 0.245 e. The summed E-state index contributed by atoms with van der Waals surface area (Å²) in [6.07, 6.45) is 0. The quantitative estimate of drug-likeness (QED) is 0.866. The third kappa shape index (κ3) is 2.76. The first-order valence-corrected chi connectivity index (χ1v) is 5.85. The Morgan fingerprint density at radius 3 is 2.33 bits per heavy atom. The number of carbonyl (C=O) groups is 1. The minimum atomic E-state index is -0.647. The van der Waals surface area contributed by atoms with Crippen LogP contribution in [0.1, 0.15) is 17.2 Å². The SMILES string of the molecule is Cc1ccccc1NC(=O)C(N)c1ccccc1. The number of benzene rings is 2. The predicted molar refractivity (Wildman–Crippen MR) is 73.2 cm³/mol. The van der Waals surface area contributed by atoms with Gasteiger partial charge in [-0.25, -0.2) is 0 Å². The molecule has 2 rings (SSSR count). The molecule has 1 amide bonds. The van der Waals surface area contributed by atoms with E-state index in [0.29, 0.717) is 0 Å². The Bertz CT molecular complexity index is 537. The summed E-state index contributed by atoms with van der Waals surface area (Å²) in [5, 5.41) is 2.84. The Morgan fingerprint density at radius 1 is 1.06 bits per heavy atom. The average Bonchev–Trinajstić information content (AvgIpc) is 2.41. The first-order valence-electron chi connectivity index (χ1n) is 5.85. The van der Waals surface area contributed by atoms with Gasteiger partial charge >= 0.3 is 0 Å². The van der Waals surface area contributed by atoms with Gasteiger partial charge in [-0.1, -0.05) is 48.5 Å². The average molecular weight is 240 g/mol. The van der Waals surface area contributed by atoms with Crippen LogP contribution in [0.15, 0.2) is 54.6 Å². The summed E-state index contributed by atoms with van der Waals surface area (Å²) < 4.78 is 0. The highest BCUT2D eigenvalue weighted by Gasteiger charge is 2.15. The molecule has 18 heavy (non-hydrogen) atoms. The van der Waals surface area contributed by atoms with Crippen molar-refractivity contribution in [3.63, 3.8) is 0 Å². The number of aryl methyl sites for hydroxylation is 1. The number of nitrogens with one attached hydrogen (secondary N) is 1. The highest BCUT2D eigenvalue weighted by atomic mass is 16.2. The fourth-order valence-electron chi connectivity index (χ4n) is 1.74. The predicted octanol–water partition coefficient (Wildman–Crippen LogP) is 2.63. The van der Waals surface area contributed by atoms with Crippen LogP contribution in [0.4, 0.5) is 5.69 Å². The van der Waals surface area contributed by atoms with E-state index in [1.807, 2.05) is 61.5 Å². The van der Waals surface area contributed by atoms with Crippen LogP contribution in [0.3, 0.4) is 0 Å². The first kappa shape index (κ1) is 12.3. The summed E-state index contributed by atoms with van der Waals surface area (Å²) in [6.45, 7) is 1.95. The summed E-state index contributed by atoms with van der Waals surface area (Å²) in [6, 6.07) is 16.3. The monoisotopic (exact) mass is 240 g/mol. The van der Waals surface area contributed by atoms with E-state index in [4.69, 9.17) is 5.73 Å². The molecule has 0 saturated carbocycles. The van der Waals surface area contributed by atoms with Crippen molar-refractivity contribution in [3.8, 4) is 0 Å². The van der Waals surface area contributed by atoms with E-state index in [1.165, 1.54) is 0 Å². The second-order valence-electron chi connectivity index (χ2n) is 4.19. The van der Waals surface area contributed by atoms with E-state index in [9.17, 15) is 4.79 Å². The van der Waals surface area contributed by atoms with Crippen LogP contribution >= 0.6 is 0 Å². The minimum absolute atomic E-state index is 0.199. The van der Waals surface area contributed by atoms with E-state index in [0.717, 1.165) is 16.8 Å². The maximum atomic E-state index is 12.0. The molecule has 3 heteroatoms. The summed E-state index contributed by atoms with van der Waals surface area (Å²) in [5.41, 5.74) is 8.55. The number of carbonyl (C=O) groups excluding carboxylic acids is 1. The number of rotatable bonds is 3. The van der Waals surface area contributed by atoms with Gasteiger partial charge in [0.1, 0.15) is 6.04 Å². The summed E-state index contributed by atoms with van der Waals surface area (Å²) in [5.74, 6) is -0.199. The van der Waals surface area contributed by atoms with Crippen molar-refractivity contribution >= 4 is 11.6 Å². The zero-order valence-corrected chi connectivity index (χ0v) is 10.3. The lowest BCUT2D eigenvalue weighted by atomic mass is 10.1. The van der Waals surface area contributed by atoms with Crippen molar-refractivity contribution in [3.05, 3.63) is 65.7 Å². The molecule has 92 valence electrons. The van der Waals surface area contributed by atoms with Crippen molar-refractivity contribution in [2.45, 2.75) is 13.0 Å². The Morgan fingerprint density at radius 2 is 1.67 bits per heavy atom. The third-order valence-electron chi connectivity index (χ3n) is 2.84. The van der Waals surface area contributed by atoms with E-state index in [1.54, 1.807) is 0 Å². The number of amides is 1. The molecule has 3 nitrogen and oxygen atoms in total. The van der Waals surface area contributed by atoms with E-state index in [-0.39, 0.29) is 5.91 Å². The van der Waals surface area contributed by atoms with Crippen LogP contribution in [0.25, 0.3) is 0 Å².